The second-order valence-corrected chi connectivity index (χ2v) is 5.82. The van der Waals surface area contributed by atoms with Gasteiger partial charge in [0, 0.05) is 5.39 Å². The molecule has 0 saturated carbocycles. The van der Waals surface area contributed by atoms with Gasteiger partial charge >= 0.3 is 11.7 Å². The summed E-state index contributed by atoms with van der Waals surface area (Å²) >= 11 is 0. The van der Waals surface area contributed by atoms with Crippen LogP contribution in [0.2, 0.25) is 0 Å². The molecule has 2 aliphatic rings. The molecule has 25 heavy (non-hydrogen) atoms. The molecule has 3 heterocycles. The number of rotatable bonds is 1. The minimum atomic E-state index is -0.640. The molecule has 5 rings (SSSR count). The molecule has 0 unspecified atom stereocenters. The van der Waals surface area contributed by atoms with Crippen molar-refractivity contribution < 1.29 is 18.7 Å². The van der Waals surface area contributed by atoms with Gasteiger partial charge in [-0.3, -0.25) is 0 Å². The summed E-state index contributed by atoms with van der Waals surface area (Å²) in [4.78, 5) is 24.8. The molecule has 2 aromatic carbocycles. The Morgan fingerprint density at radius 2 is 1.84 bits per heavy atom. The molecule has 7 heteroatoms. The monoisotopic (exact) mass is 336 g/mol. The van der Waals surface area contributed by atoms with Crippen molar-refractivity contribution in [2.45, 2.75) is 6.04 Å². The normalized spacial score (nSPS) is 17.8. The highest BCUT2D eigenvalue weighted by atomic mass is 16.7. The van der Waals surface area contributed by atoms with Gasteiger partial charge in [-0.15, -0.1) is 0 Å². The smallest absolute Gasteiger partial charge is 0.344 e. The average molecular weight is 336 g/mol. The molecule has 0 saturated heterocycles. The van der Waals surface area contributed by atoms with E-state index < -0.39 is 11.7 Å². The van der Waals surface area contributed by atoms with Crippen molar-refractivity contribution >= 4 is 22.7 Å². The van der Waals surface area contributed by atoms with E-state index in [1.807, 2.05) is 6.07 Å². The SMILES string of the molecule is O=C1Nc2c(c(=O)oc3ccccc23)[C@@H](c2ccc3c(c2)OCO3)N1. The van der Waals surface area contributed by atoms with Gasteiger partial charge in [0.1, 0.15) is 5.58 Å². The number of nitrogens with one attached hydrogen (secondary N) is 2. The van der Waals surface area contributed by atoms with Gasteiger partial charge in [-0.25, -0.2) is 9.59 Å². The molecule has 124 valence electrons. The number of carbonyl (C=O) groups is 1. The van der Waals surface area contributed by atoms with Gasteiger partial charge in [0.05, 0.1) is 17.3 Å². The standard InChI is InChI=1S/C18H12N2O5/c21-17-14-15(9-5-6-12-13(7-9)24-8-23-12)19-18(22)20-16(14)10-3-1-2-4-11(10)25-17/h1-7,15H,8H2,(H2,19,20,22)/t15-/m1/s1. The molecule has 0 aliphatic carbocycles. The Bertz CT molecular complexity index is 1090. The van der Waals surface area contributed by atoms with E-state index in [0.717, 1.165) is 0 Å². The third-order valence-electron chi connectivity index (χ3n) is 4.38. The van der Waals surface area contributed by atoms with E-state index in [1.54, 1.807) is 36.4 Å². The number of hydrogen-bond donors (Lipinski definition) is 2. The number of urea groups is 1. The van der Waals surface area contributed by atoms with Crippen LogP contribution in [0.3, 0.4) is 0 Å². The fraction of sp³-hybridized carbons (Fsp3) is 0.111. The summed E-state index contributed by atoms with van der Waals surface area (Å²) in [5.74, 6) is 1.21. The first-order chi connectivity index (χ1) is 12.2. The van der Waals surface area contributed by atoms with Crippen molar-refractivity contribution in [2.75, 3.05) is 12.1 Å². The van der Waals surface area contributed by atoms with Gasteiger partial charge in [-0.05, 0) is 29.8 Å². The maximum Gasteiger partial charge on any atom is 0.344 e. The fourth-order valence-electron chi connectivity index (χ4n) is 3.26. The summed E-state index contributed by atoms with van der Waals surface area (Å²) in [5, 5.41) is 6.19. The molecule has 0 spiro atoms. The summed E-state index contributed by atoms with van der Waals surface area (Å²) in [6.45, 7) is 0.154. The predicted octanol–water partition coefficient (Wildman–Crippen LogP) is 2.75. The minimum Gasteiger partial charge on any atom is -0.454 e. The zero-order chi connectivity index (χ0) is 17.0. The maximum atomic E-state index is 12.6. The van der Waals surface area contributed by atoms with Crippen molar-refractivity contribution in [1.82, 2.24) is 5.32 Å². The molecule has 0 fully saturated rings. The number of carbonyl (C=O) groups excluding carboxylic acids is 1. The zero-order valence-corrected chi connectivity index (χ0v) is 12.9. The van der Waals surface area contributed by atoms with Gasteiger partial charge in [-0.1, -0.05) is 18.2 Å². The van der Waals surface area contributed by atoms with Crippen LogP contribution in [-0.2, 0) is 0 Å². The van der Waals surface area contributed by atoms with Crippen LogP contribution < -0.4 is 25.7 Å². The number of fused-ring (bicyclic) bond motifs is 4. The van der Waals surface area contributed by atoms with Crippen LogP contribution in [0, 0.1) is 0 Å². The number of amides is 2. The van der Waals surface area contributed by atoms with Crippen molar-refractivity contribution in [3.8, 4) is 11.5 Å². The molecule has 2 aliphatic heterocycles. The van der Waals surface area contributed by atoms with Gasteiger partial charge in [-0.2, -0.15) is 0 Å². The highest BCUT2D eigenvalue weighted by molar-refractivity contribution is 6.03. The van der Waals surface area contributed by atoms with E-state index >= 15 is 0 Å². The van der Waals surface area contributed by atoms with Crippen LogP contribution in [0.5, 0.6) is 11.5 Å². The highest BCUT2D eigenvalue weighted by Gasteiger charge is 2.32. The fourth-order valence-corrected chi connectivity index (χ4v) is 3.26. The number of anilines is 1. The Kier molecular flexibility index (Phi) is 2.79. The van der Waals surface area contributed by atoms with Gasteiger partial charge < -0.3 is 24.5 Å². The van der Waals surface area contributed by atoms with Crippen LogP contribution in [-0.4, -0.2) is 12.8 Å². The number of para-hydroxylation sites is 1. The number of hydrogen-bond acceptors (Lipinski definition) is 5. The van der Waals surface area contributed by atoms with E-state index in [1.165, 1.54) is 0 Å². The van der Waals surface area contributed by atoms with Crippen LogP contribution in [0.4, 0.5) is 10.5 Å². The molecule has 2 amide bonds. The molecule has 7 nitrogen and oxygen atoms in total. The summed E-state index contributed by atoms with van der Waals surface area (Å²) in [6, 6.07) is 11.4. The highest BCUT2D eigenvalue weighted by Crippen LogP contribution is 2.39. The predicted molar refractivity (Wildman–Crippen MR) is 89.0 cm³/mol. The largest absolute Gasteiger partial charge is 0.454 e. The van der Waals surface area contributed by atoms with Crippen LogP contribution in [0.1, 0.15) is 17.2 Å². The number of ether oxygens (including phenoxy) is 2. The Hall–Kier alpha value is -3.48. The quantitative estimate of drug-likeness (QED) is 0.667. The lowest BCUT2D eigenvalue weighted by Gasteiger charge is -2.27. The van der Waals surface area contributed by atoms with Crippen LogP contribution in [0.25, 0.3) is 11.0 Å². The van der Waals surface area contributed by atoms with E-state index in [0.29, 0.717) is 39.3 Å². The second-order valence-electron chi connectivity index (χ2n) is 5.82. The lowest BCUT2D eigenvalue weighted by molar-refractivity contribution is 0.174. The summed E-state index contributed by atoms with van der Waals surface area (Å²) < 4.78 is 16.1. The summed E-state index contributed by atoms with van der Waals surface area (Å²) in [5.41, 5.74) is 1.47. The second kappa shape index (κ2) is 5.01. The number of benzene rings is 2. The van der Waals surface area contributed by atoms with E-state index in [2.05, 4.69) is 10.6 Å². The molecule has 0 radical (unpaired) electrons. The van der Waals surface area contributed by atoms with Crippen LogP contribution in [0.15, 0.2) is 51.7 Å². The molecule has 1 atom stereocenters. The van der Waals surface area contributed by atoms with Gasteiger partial charge in [0.25, 0.3) is 0 Å². The lowest BCUT2D eigenvalue weighted by Crippen LogP contribution is -2.41. The summed E-state index contributed by atoms with van der Waals surface area (Å²) in [6.07, 6.45) is 0. The molecule has 1 aromatic heterocycles. The Labute approximate surface area is 141 Å². The first kappa shape index (κ1) is 13.9. The minimum absolute atomic E-state index is 0.154. The van der Waals surface area contributed by atoms with E-state index in [9.17, 15) is 9.59 Å². The topological polar surface area (TPSA) is 89.8 Å². The third-order valence-corrected chi connectivity index (χ3v) is 4.38. The lowest BCUT2D eigenvalue weighted by atomic mass is 9.95. The van der Waals surface area contributed by atoms with Crippen molar-refractivity contribution in [3.05, 3.63) is 64.0 Å². The maximum absolute atomic E-state index is 12.6. The Morgan fingerprint density at radius 3 is 2.76 bits per heavy atom. The van der Waals surface area contributed by atoms with Gasteiger partial charge in [0.2, 0.25) is 6.79 Å². The van der Waals surface area contributed by atoms with Crippen molar-refractivity contribution in [2.24, 2.45) is 0 Å². The third kappa shape index (κ3) is 2.06. The molecular formula is C18H12N2O5. The Balaban J connectivity index is 1.75. The molecule has 0 bridgehead atoms. The molecule has 3 aromatic rings. The summed E-state index contributed by atoms with van der Waals surface area (Å²) in [7, 11) is 0. The average Bonchev–Trinajstić information content (AvgIpc) is 3.08. The van der Waals surface area contributed by atoms with E-state index in [4.69, 9.17) is 13.9 Å². The van der Waals surface area contributed by atoms with Crippen molar-refractivity contribution in [1.29, 1.82) is 0 Å². The first-order valence-corrected chi connectivity index (χ1v) is 7.73. The Morgan fingerprint density at radius 1 is 1.00 bits per heavy atom. The first-order valence-electron chi connectivity index (χ1n) is 7.73. The van der Waals surface area contributed by atoms with E-state index in [-0.39, 0.29) is 12.8 Å². The van der Waals surface area contributed by atoms with Crippen molar-refractivity contribution in [3.63, 3.8) is 0 Å². The van der Waals surface area contributed by atoms with Crippen LogP contribution >= 0.6 is 0 Å². The van der Waals surface area contributed by atoms with Gasteiger partial charge in [0.15, 0.2) is 11.5 Å². The molecular weight excluding hydrogens is 324 g/mol. The molecule has 2 N–H and O–H groups in total. The zero-order valence-electron chi connectivity index (χ0n) is 12.9.